The average Bonchev–Trinajstić information content (AvgIpc) is 2.87. The van der Waals surface area contributed by atoms with Crippen LogP contribution in [-0.4, -0.2) is 39.1 Å². The van der Waals surface area contributed by atoms with Crippen molar-refractivity contribution in [2.24, 2.45) is 5.73 Å². The lowest BCUT2D eigenvalue weighted by Gasteiger charge is -2.12. The van der Waals surface area contributed by atoms with E-state index in [0.717, 1.165) is 9.58 Å². The molecule has 10 nitrogen and oxygen atoms in total. The van der Waals surface area contributed by atoms with Gasteiger partial charge in [0.2, 0.25) is 17.9 Å². The first-order chi connectivity index (χ1) is 10.5. The molecule has 0 spiro atoms. The molecule has 2 aromatic rings. The summed E-state index contributed by atoms with van der Waals surface area (Å²) in [5.74, 6) is -1.19. The Bertz CT molecular complexity index is 727. The zero-order valence-electron chi connectivity index (χ0n) is 11.5. The maximum absolute atomic E-state index is 11.4. The number of pyridine rings is 1. The van der Waals surface area contributed by atoms with Gasteiger partial charge in [-0.25, -0.2) is 4.68 Å². The van der Waals surface area contributed by atoms with Crippen molar-refractivity contribution in [1.29, 1.82) is 0 Å². The summed E-state index contributed by atoms with van der Waals surface area (Å²) in [6.07, 6.45) is 1.93. The van der Waals surface area contributed by atoms with E-state index in [1.165, 1.54) is 7.05 Å². The van der Waals surface area contributed by atoms with Crippen molar-refractivity contribution < 1.29 is 14.5 Å². The van der Waals surface area contributed by atoms with Crippen molar-refractivity contribution >= 4 is 23.8 Å². The lowest BCUT2D eigenvalue weighted by Crippen LogP contribution is -2.20. The van der Waals surface area contributed by atoms with E-state index in [4.69, 9.17) is 5.73 Å². The highest BCUT2D eigenvalue weighted by molar-refractivity contribution is 5.98. The van der Waals surface area contributed by atoms with Gasteiger partial charge in [0.05, 0.1) is 17.2 Å². The van der Waals surface area contributed by atoms with E-state index >= 15 is 0 Å². The van der Waals surface area contributed by atoms with E-state index < -0.39 is 22.2 Å². The first-order valence-corrected chi connectivity index (χ1v) is 6.08. The van der Waals surface area contributed by atoms with E-state index in [1.807, 2.05) is 0 Å². The number of nitrogens with zero attached hydrogens (tertiary/aromatic N) is 5. The fourth-order valence-corrected chi connectivity index (χ4v) is 1.93. The van der Waals surface area contributed by atoms with Gasteiger partial charge in [-0.05, 0) is 12.1 Å². The van der Waals surface area contributed by atoms with Crippen molar-refractivity contribution in [3.63, 3.8) is 0 Å². The molecule has 22 heavy (non-hydrogen) atoms. The molecule has 2 aromatic heterocycles. The van der Waals surface area contributed by atoms with Crippen LogP contribution in [0.2, 0.25) is 0 Å². The number of aromatic nitrogens is 3. The number of hydrogen-bond acceptors (Lipinski definition) is 6. The molecule has 0 unspecified atom stereocenters. The number of nitrogens with two attached hydrogens (primary N) is 1. The van der Waals surface area contributed by atoms with Crippen LogP contribution in [0.1, 0.15) is 16.2 Å². The molecule has 0 saturated carbocycles. The normalized spacial score (nSPS) is 10.2. The Labute approximate surface area is 124 Å². The van der Waals surface area contributed by atoms with Crippen LogP contribution in [0.4, 0.5) is 11.5 Å². The second-order valence-corrected chi connectivity index (χ2v) is 4.34. The van der Waals surface area contributed by atoms with Gasteiger partial charge in [0.25, 0.3) is 5.91 Å². The van der Waals surface area contributed by atoms with Crippen molar-refractivity contribution in [3.05, 3.63) is 45.9 Å². The Morgan fingerprint density at radius 1 is 1.55 bits per heavy atom. The predicted octanol–water partition coefficient (Wildman–Crippen LogP) is -0.0739. The van der Waals surface area contributed by atoms with Crippen LogP contribution in [0, 0.1) is 10.1 Å². The van der Waals surface area contributed by atoms with Gasteiger partial charge in [-0.15, -0.1) is 0 Å². The molecule has 114 valence electrons. The molecule has 0 aliphatic rings. The molecule has 0 radical (unpaired) electrons. The van der Waals surface area contributed by atoms with Gasteiger partial charge < -0.3 is 5.73 Å². The molecule has 0 aliphatic heterocycles. The Kier molecular flexibility index (Phi) is 4.11. The molecule has 2 N–H and O–H groups in total. The van der Waals surface area contributed by atoms with Gasteiger partial charge in [-0.1, -0.05) is 6.07 Å². The lowest BCUT2D eigenvalue weighted by atomic mass is 10.3. The van der Waals surface area contributed by atoms with Gasteiger partial charge in [0.1, 0.15) is 0 Å². The molecule has 0 saturated heterocycles. The van der Waals surface area contributed by atoms with E-state index in [1.54, 1.807) is 24.4 Å². The number of nitro groups is 1. The summed E-state index contributed by atoms with van der Waals surface area (Å²) in [5, 5.41) is 15.1. The van der Waals surface area contributed by atoms with Crippen LogP contribution in [0.3, 0.4) is 0 Å². The van der Waals surface area contributed by atoms with Gasteiger partial charge >= 0.3 is 5.69 Å². The minimum Gasteiger partial charge on any atom is -0.364 e. The Morgan fingerprint density at radius 2 is 2.27 bits per heavy atom. The molecule has 2 rings (SSSR count). The van der Waals surface area contributed by atoms with Gasteiger partial charge in [-0.3, -0.25) is 29.6 Å². The number of hydrogen-bond donors (Lipinski definition) is 1. The number of carbonyl (C=O) groups is 2. The van der Waals surface area contributed by atoms with Crippen molar-refractivity contribution in [3.8, 4) is 0 Å². The fourth-order valence-electron chi connectivity index (χ4n) is 1.93. The molecule has 0 atom stereocenters. The summed E-state index contributed by atoms with van der Waals surface area (Å²) < 4.78 is 1.15. The summed E-state index contributed by atoms with van der Waals surface area (Å²) in [6.45, 7) is 0.0441. The lowest BCUT2D eigenvalue weighted by molar-refractivity contribution is -0.384. The Hall–Kier alpha value is -3.30. The Balaban J connectivity index is 2.61. The SMILES string of the molecule is CN(C=O)c1c([N+](=O)[O-])c(C(N)=O)nn1Cc1ccccn1. The zero-order valence-corrected chi connectivity index (χ0v) is 11.5. The van der Waals surface area contributed by atoms with Crippen LogP contribution >= 0.6 is 0 Å². The van der Waals surface area contributed by atoms with Crippen molar-refractivity contribution in [2.45, 2.75) is 6.54 Å². The van der Waals surface area contributed by atoms with Crippen LogP contribution in [-0.2, 0) is 11.3 Å². The van der Waals surface area contributed by atoms with Crippen LogP contribution in [0.25, 0.3) is 0 Å². The number of primary amides is 1. The zero-order chi connectivity index (χ0) is 16.3. The van der Waals surface area contributed by atoms with Gasteiger partial charge in [0.15, 0.2) is 0 Å². The van der Waals surface area contributed by atoms with Crippen LogP contribution in [0.5, 0.6) is 0 Å². The van der Waals surface area contributed by atoms with Crippen molar-refractivity contribution in [2.75, 3.05) is 11.9 Å². The van der Waals surface area contributed by atoms with Crippen LogP contribution < -0.4 is 10.6 Å². The van der Waals surface area contributed by atoms with Crippen LogP contribution in [0.15, 0.2) is 24.4 Å². The highest BCUT2D eigenvalue weighted by Gasteiger charge is 2.33. The van der Waals surface area contributed by atoms with Crippen molar-refractivity contribution in [1.82, 2.24) is 14.8 Å². The predicted molar refractivity (Wildman–Crippen MR) is 75.2 cm³/mol. The monoisotopic (exact) mass is 304 g/mol. The third-order valence-corrected chi connectivity index (χ3v) is 2.85. The summed E-state index contributed by atoms with van der Waals surface area (Å²) in [6, 6.07) is 5.13. The number of carbonyl (C=O) groups excluding carboxylic acids is 2. The number of anilines is 1. The summed E-state index contributed by atoms with van der Waals surface area (Å²) >= 11 is 0. The molecule has 2 amide bonds. The maximum atomic E-state index is 11.4. The van der Waals surface area contributed by atoms with E-state index in [2.05, 4.69) is 10.1 Å². The molecule has 0 fully saturated rings. The molecule has 0 bridgehead atoms. The summed E-state index contributed by atoms with van der Waals surface area (Å²) in [4.78, 5) is 37.8. The molecule has 2 heterocycles. The highest BCUT2D eigenvalue weighted by atomic mass is 16.6. The molecule has 0 aromatic carbocycles. The fraction of sp³-hybridized carbons (Fsp3) is 0.167. The number of amides is 2. The molecular weight excluding hydrogens is 292 g/mol. The smallest absolute Gasteiger partial charge is 0.344 e. The maximum Gasteiger partial charge on any atom is 0.344 e. The third kappa shape index (κ3) is 2.75. The van der Waals surface area contributed by atoms with E-state index in [9.17, 15) is 19.7 Å². The topological polar surface area (TPSA) is 137 Å². The van der Waals surface area contributed by atoms with E-state index in [-0.39, 0.29) is 12.4 Å². The second kappa shape index (κ2) is 5.99. The number of rotatable bonds is 6. The van der Waals surface area contributed by atoms with Gasteiger partial charge in [-0.2, -0.15) is 5.10 Å². The Morgan fingerprint density at radius 3 is 2.77 bits per heavy atom. The second-order valence-electron chi connectivity index (χ2n) is 4.34. The first kappa shape index (κ1) is 15.1. The molecule has 0 aliphatic carbocycles. The first-order valence-electron chi connectivity index (χ1n) is 6.08. The van der Waals surface area contributed by atoms with E-state index in [0.29, 0.717) is 12.1 Å². The average molecular weight is 304 g/mol. The quantitative estimate of drug-likeness (QED) is 0.450. The molecule has 10 heteroatoms. The summed E-state index contributed by atoms with van der Waals surface area (Å²) in [7, 11) is 1.32. The standard InChI is InChI=1S/C12H12N6O4/c1-16(7-19)12-10(18(21)22)9(11(13)20)15-17(12)6-8-4-2-3-5-14-8/h2-5,7H,6H2,1H3,(H2,13,20). The largest absolute Gasteiger partial charge is 0.364 e. The minimum absolute atomic E-state index is 0.0441. The summed E-state index contributed by atoms with van der Waals surface area (Å²) in [5.41, 5.74) is 4.56. The van der Waals surface area contributed by atoms with Gasteiger partial charge in [0, 0.05) is 13.2 Å². The molecular formula is C12H12N6O4. The minimum atomic E-state index is -1.05. The third-order valence-electron chi connectivity index (χ3n) is 2.85. The highest BCUT2D eigenvalue weighted by Crippen LogP contribution is 2.31.